The summed E-state index contributed by atoms with van der Waals surface area (Å²) in [4.78, 5) is 16.6. The summed E-state index contributed by atoms with van der Waals surface area (Å²) >= 11 is 0. The van der Waals surface area contributed by atoms with Crippen molar-refractivity contribution in [2.45, 2.75) is 44.8 Å². The first-order valence-electron chi connectivity index (χ1n) is 7.09. The predicted molar refractivity (Wildman–Crippen MR) is 75.7 cm³/mol. The minimum absolute atomic E-state index is 0.151. The number of aliphatic hydroxyl groups is 1. The van der Waals surface area contributed by atoms with Gasteiger partial charge in [-0.3, -0.25) is 4.79 Å². The summed E-state index contributed by atoms with van der Waals surface area (Å²) in [5.74, 6) is -0.209. The Labute approximate surface area is 117 Å². The van der Waals surface area contributed by atoms with Gasteiger partial charge in [-0.25, -0.2) is 4.98 Å². The zero-order valence-electron chi connectivity index (χ0n) is 11.5. The number of pyridine rings is 1. The number of carbonyl (C=O) groups is 1. The average Bonchev–Trinajstić information content (AvgIpc) is 2.87. The lowest BCUT2D eigenvalue weighted by Gasteiger charge is -2.27. The van der Waals surface area contributed by atoms with E-state index in [-0.39, 0.29) is 11.9 Å². The number of hydrogen-bond donors (Lipinski definition) is 2. The highest BCUT2D eigenvalue weighted by Gasteiger charge is 2.25. The Morgan fingerprint density at radius 3 is 2.95 bits per heavy atom. The molecule has 1 amide bonds. The third-order valence-electron chi connectivity index (χ3n) is 3.97. The smallest absolute Gasteiger partial charge is 0.271 e. The van der Waals surface area contributed by atoms with Crippen LogP contribution in [0.1, 0.15) is 41.9 Å². The number of nitrogens with one attached hydrogen (secondary N) is 1. The molecule has 0 radical (unpaired) electrons. The van der Waals surface area contributed by atoms with Crippen LogP contribution in [0.5, 0.6) is 0 Å². The van der Waals surface area contributed by atoms with E-state index in [0.29, 0.717) is 5.69 Å². The van der Waals surface area contributed by atoms with Crippen LogP contribution in [0.3, 0.4) is 0 Å². The molecule has 2 atom stereocenters. The fraction of sp³-hybridized carbons (Fsp3) is 0.467. The van der Waals surface area contributed by atoms with Crippen LogP contribution in [-0.2, 0) is 0 Å². The van der Waals surface area contributed by atoms with E-state index >= 15 is 0 Å². The number of aryl methyl sites for hydroxylation is 1. The lowest BCUT2D eigenvalue weighted by atomic mass is 9.92. The first-order valence-corrected chi connectivity index (χ1v) is 7.09. The number of nitrogens with zero attached hydrogens (tertiary/aromatic N) is 2. The molecule has 2 aromatic heterocycles. The summed E-state index contributed by atoms with van der Waals surface area (Å²) in [6.07, 6.45) is 4.98. The molecular formula is C15H19N3O2. The van der Waals surface area contributed by atoms with Gasteiger partial charge in [-0.2, -0.15) is 0 Å². The maximum Gasteiger partial charge on any atom is 0.271 e. The summed E-state index contributed by atoms with van der Waals surface area (Å²) in [5, 5.41) is 12.8. The topological polar surface area (TPSA) is 66.6 Å². The maximum absolute atomic E-state index is 12.2. The van der Waals surface area contributed by atoms with Crippen molar-refractivity contribution < 1.29 is 9.90 Å². The molecule has 1 aliphatic carbocycles. The van der Waals surface area contributed by atoms with Crippen LogP contribution in [-0.4, -0.2) is 32.5 Å². The molecule has 5 heteroatoms. The zero-order valence-corrected chi connectivity index (χ0v) is 11.5. The van der Waals surface area contributed by atoms with Crippen molar-refractivity contribution in [3.05, 3.63) is 35.8 Å². The lowest BCUT2D eigenvalue weighted by molar-refractivity contribution is 0.0714. The second-order valence-corrected chi connectivity index (χ2v) is 5.45. The summed E-state index contributed by atoms with van der Waals surface area (Å²) in [5.41, 5.74) is 2.20. The highest BCUT2D eigenvalue weighted by Crippen LogP contribution is 2.19. The normalized spacial score (nSPS) is 22.9. The molecule has 1 fully saturated rings. The van der Waals surface area contributed by atoms with Gasteiger partial charge in [0.2, 0.25) is 0 Å². The van der Waals surface area contributed by atoms with Crippen molar-refractivity contribution in [1.82, 2.24) is 14.7 Å². The number of imidazole rings is 1. The van der Waals surface area contributed by atoms with Crippen molar-refractivity contribution >= 4 is 11.6 Å². The van der Waals surface area contributed by atoms with Crippen LogP contribution in [0.4, 0.5) is 0 Å². The zero-order chi connectivity index (χ0) is 14.1. The second-order valence-electron chi connectivity index (χ2n) is 5.45. The molecule has 0 spiro atoms. The van der Waals surface area contributed by atoms with Crippen molar-refractivity contribution in [1.29, 1.82) is 0 Å². The molecule has 20 heavy (non-hydrogen) atoms. The van der Waals surface area contributed by atoms with Crippen LogP contribution in [0.15, 0.2) is 24.4 Å². The number of carbonyl (C=O) groups excluding carboxylic acids is 1. The molecule has 2 N–H and O–H groups in total. The van der Waals surface area contributed by atoms with E-state index in [0.717, 1.165) is 37.0 Å². The molecule has 2 aromatic rings. The monoisotopic (exact) mass is 273 g/mol. The number of fused-ring (bicyclic) bond motifs is 1. The number of rotatable bonds is 2. The third-order valence-corrected chi connectivity index (χ3v) is 3.97. The van der Waals surface area contributed by atoms with E-state index in [1.54, 1.807) is 6.20 Å². The van der Waals surface area contributed by atoms with Crippen LogP contribution >= 0.6 is 0 Å². The van der Waals surface area contributed by atoms with Crippen molar-refractivity contribution in [2.75, 3.05) is 0 Å². The quantitative estimate of drug-likeness (QED) is 0.874. The van der Waals surface area contributed by atoms with Gasteiger partial charge in [0, 0.05) is 11.9 Å². The molecular weight excluding hydrogens is 254 g/mol. The SMILES string of the molecule is Cc1cccc2nc(C(=O)N[C@H]3CCCC[C@@H]3O)cn12. The largest absolute Gasteiger partial charge is 0.391 e. The Hall–Kier alpha value is -1.88. The third kappa shape index (κ3) is 2.41. The fourth-order valence-electron chi connectivity index (χ4n) is 2.78. The average molecular weight is 273 g/mol. The van der Waals surface area contributed by atoms with Crippen LogP contribution in [0.2, 0.25) is 0 Å². The van der Waals surface area contributed by atoms with Gasteiger partial charge in [0.1, 0.15) is 11.3 Å². The van der Waals surface area contributed by atoms with Gasteiger partial charge in [0.05, 0.1) is 12.1 Å². The van der Waals surface area contributed by atoms with Gasteiger partial charge in [0.15, 0.2) is 0 Å². The van der Waals surface area contributed by atoms with Gasteiger partial charge >= 0.3 is 0 Å². The molecule has 0 saturated heterocycles. The van der Waals surface area contributed by atoms with Gasteiger partial charge in [0.25, 0.3) is 5.91 Å². The molecule has 106 valence electrons. The Bertz CT molecular complexity index is 635. The summed E-state index contributed by atoms with van der Waals surface area (Å²) in [6.45, 7) is 1.97. The number of aliphatic hydroxyl groups excluding tert-OH is 1. The van der Waals surface area contributed by atoms with Crippen molar-refractivity contribution in [3.8, 4) is 0 Å². The van der Waals surface area contributed by atoms with E-state index in [1.165, 1.54) is 0 Å². The molecule has 0 aliphatic heterocycles. The molecule has 5 nitrogen and oxygen atoms in total. The van der Waals surface area contributed by atoms with E-state index in [1.807, 2.05) is 29.5 Å². The van der Waals surface area contributed by atoms with E-state index < -0.39 is 6.10 Å². The number of amides is 1. The Morgan fingerprint density at radius 2 is 2.20 bits per heavy atom. The summed E-state index contributed by atoms with van der Waals surface area (Å²) < 4.78 is 1.90. The standard InChI is InChI=1S/C15H19N3O2/c1-10-5-4-8-14-16-12(9-18(10)14)15(20)17-11-6-2-3-7-13(11)19/h4-5,8-9,11,13,19H,2-3,6-7H2,1H3,(H,17,20)/t11-,13-/m0/s1. The van der Waals surface area contributed by atoms with Gasteiger partial charge in [-0.15, -0.1) is 0 Å². The molecule has 1 aliphatic rings. The first-order chi connectivity index (χ1) is 9.65. The van der Waals surface area contributed by atoms with E-state index in [2.05, 4.69) is 10.3 Å². The number of aromatic nitrogens is 2. The number of hydrogen-bond acceptors (Lipinski definition) is 3. The first kappa shape index (κ1) is 13.1. The molecule has 2 heterocycles. The van der Waals surface area contributed by atoms with Gasteiger partial charge in [-0.1, -0.05) is 18.9 Å². The minimum atomic E-state index is -0.438. The highest BCUT2D eigenvalue weighted by molar-refractivity contribution is 5.93. The molecule has 3 rings (SSSR count). The van der Waals surface area contributed by atoms with Crippen LogP contribution in [0, 0.1) is 6.92 Å². The summed E-state index contributed by atoms with van der Waals surface area (Å²) in [6, 6.07) is 5.62. The van der Waals surface area contributed by atoms with E-state index in [9.17, 15) is 9.90 Å². The highest BCUT2D eigenvalue weighted by atomic mass is 16.3. The molecule has 0 aromatic carbocycles. The Kier molecular flexibility index (Phi) is 3.44. The molecule has 1 saturated carbocycles. The van der Waals surface area contributed by atoms with E-state index in [4.69, 9.17) is 0 Å². The maximum atomic E-state index is 12.2. The van der Waals surface area contributed by atoms with Crippen LogP contribution < -0.4 is 5.32 Å². The predicted octanol–water partition coefficient (Wildman–Crippen LogP) is 1.68. The Balaban J connectivity index is 1.80. The van der Waals surface area contributed by atoms with Crippen LogP contribution in [0.25, 0.3) is 5.65 Å². The second kappa shape index (κ2) is 5.25. The Morgan fingerprint density at radius 1 is 1.40 bits per heavy atom. The van der Waals surface area contributed by atoms with Gasteiger partial charge < -0.3 is 14.8 Å². The van der Waals surface area contributed by atoms with Crippen molar-refractivity contribution in [2.24, 2.45) is 0 Å². The fourth-order valence-corrected chi connectivity index (χ4v) is 2.78. The lowest BCUT2D eigenvalue weighted by Crippen LogP contribution is -2.45. The van der Waals surface area contributed by atoms with Crippen molar-refractivity contribution in [3.63, 3.8) is 0 Å². The van der Waals surface area contributed by atoms with Gasteiger partial charge in [-0.05, 0) is 31.9 Å². The molecule has 0 unspecified atom stereocenters. The minimum Gasteiger partial charge on any atom is -0.391 e. The summed E-state index contributed by atoms with van der Waals surface area (Å²) in [7, 11) is 0. The molecule has 0 bridgehead atoms.